The number of para-hydroxylation sites is 1. The predicted octanol–water partition coefficient (Wildman–Crippen LogP) is 6.70. The molecule has 0 saturated heterocycles. The molecule has 0 unspecified atom stereocenters. The van der Waals surface area contributed by atoms with E-state index in [1.54, 1.807) is 48.5 Å². The zero-order chi connectivity index (χ0) is 24.0. The number of halogens is 5. The Balaban J connectivity index is 1.79. The second-order valence-corrected chi connectivity index (χ2v) is 8.92. The van der Waals surface area contributed by atoms with Gasteiger partial charge in [0.25, 0.3) is 5.91 Å². The molecule has 2 aromatic heterocycles. The van der Waals surface area contributed by atoms with Crippen molar-refractivity contribution in [3.8, 4) is 16.9 Å². The lowest BCUT2D eigenvalue weighted by atomic mass is 9.93. The number of alkyl halides is 3. The van der Waals surface area contributed by atoms with Crippen LogP contribution in [-0.4, -0.2) is 26.7 Å². The fraction of sp³-hybridized carbons (Fsp3) is 0.208. The molecule has 1 N–H and O–H groups in total. The van der Waals surface area contributed by atoms with E-state index in [1.807, 2.05) is 0 Å². The molecule has 1 amide bonds. The van der Waals surface area contributed by atoms with Crippen LogP contribution in [0.5, 0.6) is 0 Å². The number of benzene rings is 2. The average molecular weight is 505 g/mol. The Morgan fingerprint density at radius 1 is 1.06 bits per heavy atom. The SMILES string of the molecule is O=C(NC1CCC1)c1cc2c(-c3ccc(Cl)cc3)n(-c3ccccc3Cl)nc2nc1C(F)(F)F. The number of fused-ring (bicyclic) bond motifs is 1. The summed E-state index contributed by atoms with van der Waals surface area (Å²) in [7, 11) is 0. The van der Waals surface area contributed by atoms with E-state index in [1.165, 1.54) is 10.7 Å². The molecule has 1 fully saturated rings. The van der Waals surface area contributed by atoms with E-state index in [-0.39, 0.29) is 17.1 Å². The first-order chi connectivity index (χ1) is 16.2. The molecule has 2 heterocycles. The van der Waals surface area contributed by atoms with Crippen molar-refractivity contribution < 1.29 is 18.0 Å². The van der Waals surface area contributed by atoms with E-state index in [0.29, 0.717) is 27.0 Å². The molecule has 0 aliphatic heterocycles. The molecule has 2 aromatic carbocycles. The topological polar surface area (TPSA) is 59.8 Å². The average Bonchev–Trinajstić information content (AvgIpc) is 3.14. The van der Waals surface area contributed by atoms with Gasteiger partial charge in [-0.2, -0.15) is 13.2 Å². The van der Waals surface area contributed by atoms with E-state index < -0.39 is 23.3 Å². The van der Waals surface area contributed by atoms with Gasteiger partial charge in [0.15, 0.2) is 11.3 Å². The van der Waals surface area contributed by atoms with Gasteiger partial charge in [0, 0.05) is 22.0 Å². The van der Waals surface area contributed by atoms with Crippen LogP contribution in [0.25, 0.3) is 28.0 Å². The number of pyridine rings is 1. The number of carbonyl (C=O) groups excluding carboxylic acids is 1. The molecule has 1 aliphatic rings. The van der Waals surface area contributed by atoms with Gasteiger partial charge in [-0.3, -0.25) is 4.79 Å². The first-order valence-electron chi connectivity index (χ1n) is 10.5. The first-order valence-corrected chi connectivity index (χ1v) is 11.3. The molecule has 0 spiro atoms. The monoisotopic (exact) mass is 504 g/mol. The number of hydrogen-bond acceptors (Lipinski definition) is 3. The number of amides is 1. The molecule has 0 bridgehead atoms. The van der Waals surface area contributed by atoms with Crippen LogP contribution in [-0.2, 0) is 6.18 Å². The molecule has 34 heavy (non-hydrogen) atoms. The fourth-order valence-electron chi connectivity index (χ4n) is 3.90. The van der Waals surface area contributed by atoms with Crippen molar-refractivity contribution >= 4 is 40.1 Å². The number of carbonyl (C=O) groups is 1. The summed E-state index contributed by atoms with van der Waals surface area (Å²) < 4.78 is 43.2. The molecule has 0 atom stereocenters. The van der Waals surface area contributed by atoms with Gasteiger partial charge >= 0.3 is 6.18 Å². The maximum atomic E-state index is 13.9. The zero-order valence-corrected chi connectivity index (χ0v) is 19.0. The normalized spacial score (nSPS) is 14.3. The molecule has 1 aliphatic carbocycles. The minimum absolute atomic E-state index is 0.133. The summed E-state index contributed by atoms with van der Waals surface area (Å²) in [6.07, 6.45) is -2.43. The summed E-state index contributed by atoms with van der Waals surface area (Å²) in [5.41, 5.74) is -0.444. The van der Waals surface area contributed by atoms with Crippen LogP contribution < -0.4 is 5.32 Å². The lowest BCUT2D eigenvalue weighted by molar-refractivity contribution is -0.141. The molecular weight excluding hydrogens is 488 g/mol. The van der Waals surface area contributed by atoms with Crippen LogP contribution in [0.2, 0.25) is 10.0 Å². The number of nitrogens with zero attached hydrogens (tertiary/aromatic N) is 3. The van der Waals surface area contributed by atoms with Gasteiger partial charge in [-0.15, -0.1) is 5.10 Å². The van der Waals surface area contributed by atoms with Crippen LogP contribution >= 0.6 is 23.2 Å². The number of hydrogen-bond donors (Lipinski definition) is 1. The number of rotatable bonds is 4. The van der Waals surface area contributed by atoms with Crippen molar-refractivity contribution in [3.05, 3.63) is 75.9 Å². The first kappa shape index (κ1) is 22.7. The van der Waals surface area contributed by atoms with E-state index in [0.717, 1.165) is 19.3 Å². The summed E-state index contributed by atoms with van der Waals surface area (Å²) in [5, 5.41) is 8.17. The molecule has 4 aromatic rings. The van der Waals surface area contributed by atoms with Crippen molar-refractivity contribution in [1.29, 1.82) is 0 Å². The molecule has 10 heteroatoms. The van der Waals surface area contributed by atoms with E-state index in [9.17, 15) is 18.0 Å². The van der Waals surface area contributed by atoms with Crippen molar-refractivity contribution in [3.63, 3.8) is 0 Å². The zero-order valence-electron chi connectivity index (χ0n) is 17.5. The second-order valence-electron chi connectivity index (χ2n) is 8.07. The van der Waals surface area contributed by atoms with Crippen molar-refractivity contribution in [2.45, 2.75) is 31.5 Å². The maximum Gasteiger partial charge on any atom is 0.434 e. The van der Waals surface area contributed by atoms with E-state index in [4.69, 9.17) is 23.2 Å². The molecule has 0 radical (unpaired) electrons. The second kappa shape index (κ2) is 8.60. The summed E-state index contributed by atoms with van der Waals surface area (Å²) in [5.74, 6) is -0.807. The van der Waals surface area contributed by atoms with Crippen LogP contribution in [0.1, 0.15) is 35.3 Å². The van der Waals surface area contributed by atoms with Gasteiger partial charge < -0.3 is 5.32 Å². The Labute approximate surface area is 202 Å². The third kappa shape index (κ3) is 4.12. The van der Waals surface area contributed by atoms with Gasteiger partial charge in [-0.1, -0.05) is 47.5 Å². The third-order valence-electron chi connectivity index (χ3n) is 5.82. The Kier molecular flexibility index (Phi) is 5.73. The van der Waals surface area contributed by atoms with Crippen molar-refractivity contribution in [1.82, 2.24) is 20.1 Å². The number of aromatic nitrogens is 3. The molecule has 1 saturated carbocycles. The maximum absolute atomic E-state index is 13.9. The molecule has 5 nitrogen and oxygen atoms in total. The number of nitrogens with one attached hydrogen (secondary N) is 1. The van der Waals surface area contributed by atoms with E-state index >= 15 is 0 Å². The van der Waals surface area contributed by atoms with Gasteiger partial charge in [-0.05, 0) is 49.6 Å². The van der Waals surface area contributed by atoms with Crippen LogP contribution in [0.4, 0.5) is 13.2 Å². The van der Waals surface area contributed by atoms with Crippen LogP contribution in [0.3, 0.4) is 0 Å². The van der Waals surface area contributed by atoms with Crippen molar-refractivity contribution in [2.75, 3.05) is 0 Å². The highest BCUT2D eigenvalue weighted by Gasteiger charge is 2.39. The van der Waals surface area contributed by atoms with Gasteiger partial charge in [0.2, 0.25) is 0 Å². The smallest absolute Gasteiger partial charge is 0.349 e. The lowest BCUT2D eigenvalue weighted by Gasteiger charge is -2.26. The van der Waals surface area contributed by atoms with Crippen LogP contribution in [0.15, 0.2) is 54.6 Å². The largest absolute Gasteiger partial charge is 0.434 e. The Hall–Kier alpha value is -3.10. The third-order valence-corrected chi connectivity index (χ3v) is 6.39. The molecular formula is C24H17Cl2F3N4O. The summed E-state index contributed by atoms with van der Waals surface area (Å²) in [4.78, 5) is 16.7. The minimum atomic E-state index is -4.84. The Morgan fingerprint density at radius 2 is 1.76 bits per heavy atom. The van der Waals surface area contributed by atoms with Gasteiger partial charge in [0.1, 0.15) is 0 Å². The van der Waals surface area contributed by atoms with Gasteiger partial charge in [0.05, 0.1) is 22.0 Å². The summed E-state index contributed by atoms with van der Waals surface area (Å²) in [6, 6.07) is 14.7. The van der Waals surface area contributed by atoms with Crippen molar-refractivity contribution in [2.24, 2.45) is 0 Å². The standard InChI is InChI=1S/C24H17Cl2F3N4O/c25-14-10-8-13(9-11-14)20-16-12-17(23(34)30-15-4-3-5-15)21(24(27,28)29)31-22(16)32-33(20)19-7-2-1-6-18(19)26/h1-2,6-12,15H,3-5H2,(H,30,34). The Bertz CT molecular complexity index is 1400. The van der Waals surface area contributed by atoms with E-state index in [2.05, 4.69) is 15.4 Å². The lowest BCUT2D eigenvalue weighted by Crippen LogP contribution is -2.40. The Morgan fingerprint density at radius 3 is 2.38 bits per heavy atom. The minimum Gasteiger partial charge on any atom is -0.349 e. The predicted molar refractivity (Wildman–Crippen MR) is 124 cm³/mol. The highest BCUT2D eigenvalue weighted by atomic mass is 35.5. The quantitative estimate of drug-likeness (QED) is 0.336. The highest BCUT2D eigenvalue weighted by molar-refractivity contribution is 6.32. The summed E-state index contributed by atoms with van der Waals surface area (Å²) >= 11 is 12.4. The summed E-state index contributed by atoms with van der Waals surface area (Å²) in [6.45, 7) is 0. The fourth-order valence-corrected chi connectivity index (χ4v) is 4.24. The highest BCUT2D eigenvalue weighted by Crippen LogP contribution is 2.38. The van der Waals surface area contributed by atoms with Gasteiger partial charge in [-0.25, -0.2) is 9.67 Å². The molecule has 5 rings (SSSR count). The molecule has 174 valence electrons. The van der Waals surface area contributed by atoms with Crippen LogP contribution in [0, 0.1) is 0 Å².